The predicted octanol–water partition coefficient (Wildman–Crippen LogP) is 2.25. The van der Waals surface area contributed by atoms with Crippen molar-refractivity contribution < 1.29 is 4.79 Å². The van der Waals surface area contributed by atoms with Gasteiger partial charge in [-0.1, -0.05) is 25.0 Å². The summed E-state index contributed by atoms with van der Waals surface area (Å²) < 4.78 is 0. The van der Waals surface area contributed by atoms with Crippen LogP contribution in [0.15, 0.2) is 24.3 Å². The molecular formula is C19H30N4O. The number of rotatable bonds is 4. The first-order valence-corrected chi connectivity index (χ1v) is 9.27. The Balaban J connectivity index is 1.61. The van der Waals surface area contributed by atoms with E-state index in [0.29, 0.717) is 6.54 Å². The fourth-order valence-corrected chi connectivity index (χ4v) is 3.57. The third-order valence-corrected chi connectivity index (χ3v) is 5.09. The molecule has 0 aliphatic carbocycles. The number of carbonyl (C=O) groups excluding carboxylic acids is 1. The van der Waals surface area contributed by atoms with Gasteiger partial charge in [-0.25, -0.2) is 0 Å². The second-order valence-corrected chi connectivity index (χ2v) is 7.05. The zero-order valence-corrected chi connectivity index (χ0v) is 14.8. The Kier molecular flexibility index (Phi) is 6.10. The van der Waals surface area contributed by atoms with Crippen molar-refractivity contribution in [1.29, 1.82) is 0 Å². The molecule has 0 aromatic heterocycles. The van der Waals surface area contributed by atoms with Crippen LogP contribution in [-0.4, -0.2) is 68.6 Å². The number of piperazine rings is 1. The van der Waals surface area contributed by atoms with Crippen LogP contribution in [0.2, 0.25) is 0 Å². The Bertz CT molecular complexity index is 532. The number of hydrogen-bond acceptors (Lipinski definition) is 4. The van der Waals surface area contributed by atoms with E-state index in [1.807, 2.05) is 12.1 Å². The molecule has 2 saturated heterocycles. The van der Waals surface area contributed by atoms with E-state index in [-0.39, 0.29) is 5.91 Å². The van der Waals surface area contributed by atoms with Crippen LogP contribution in [0.4, 0.5) is 11.4 Å². The third kappa shape index (κ3) is 4.71. The highest BCUT2D eigenvalue weighted by Crippen LogP contribution is 2.27. The molecule has 5 heteroatoms. The van der Waals surface area contributed by atoms with Crippen LogP contribution in [0.25, 0.3) is 0 Å². The first-order valence-electron chi connectivity index (χ1n) is 9.27. The number of likely N-dealkylation sites (N-methyl/N-ethyl adjacent to an activating group) is 1. The Labute approximate surface area is 145 Å². The fourth-order valence-electron chi connectivity index (χ4n) is 3.57. The van der Waals surface area contributed by atoms with Gasteiger partial charge in [0, 0.05) is 39.3 Å². The van der Waals surface area contributed by atoms with E-state index in [1.165, 1.54) is 31.4 Å². The second kappa shape index (κ2) is 8.49. The van der Waals surface area contributed by atoms with E-state index < -0.39 is 0 Å². The van der Waals surface area contributed by atoms with Crippen molar-refractivity contribution in [2.45, 2.75) is 25.7 Å². The molecule has 0 unspecified atom stereocenters. The topological polar surface area (TPSA) is 38.8 Å². The molecule has 2 heterocycles. The van der Waals surface area contributed by atoms with Crippen LogP contribution >= 0.6 is 0 Å². The quantitative estimate of drug-likeness (QED) is 0.919. The van der Waals surface area contributed by atoms with E-state index in [4.69, 9.17) is 0 Å². The zero-order chi connectivity index (χ0) is 16.8. The highest BCUT2D eigenvalue weighted by atomic mass is 16.2. The van der Waals surface area contributed by atoms with E-state index >= 15 is 0 Å². The SMILES string of the molecule is CN1CCN(CC(=O)Nc2ccccc2N2CCCCCC2)CC1. The number of para-hydroxylation sites is 2. The van der Waals surface area contributed by atoms with Gasteiger partial charge in [0.1, 0.15) is 0 Å². The van der Waals surface area contributed by atoms with Gasteiger partial charge < -0.3 is 15.1 Å². The molecule has 0 atom stereocenters. The fraction of sp³-hybridized carbons (Fsp3) is 0.632. The Morgan fingerprint density at radius 3 is 2.33 bits per heavy atom. The van der Waals surface area contributed by atoms with Gasteiger partial charge in [-0.15, -0.1) is 0 Å². The summed E-state index contributed by atoms with van der Waals surface area (Å²) >= 11 is 0. The Morgan fingerprint density at radius 1 is 0.958 bits per heavy atom. The molecule has 0 bridgehead atoms. The highest BCUT2D eigenvalue weighted by Gasteiger charge is 2.18. The number of anilines is 2. The third-order valence-electron chi connectivity index (χ3n) is 5.09. The lowest BCUT2D eigenvalue weighted by atomic mass is 10.2. The summed E-state index contributed by atoms with van der Waals surface area (Å²) in [4.78, 5) is 19.5. The monoisotopic (exact) mass is 330 g/mol. The maximum atomic E-state index is 12.5. The average Bonchev–Trinajstić information content (AvgIpc) is 2.87. The molecule has 0 saturated carbocycles. The normalized spacial score (nSPS) is 20.6. The summed E-state index contributed by atoms with van der Waals surface area (Å²) in [6.07, 6.45) is 5.11. The molecule has 1 N–H and O–H groups in total. The van der Waals surface area contributed by atoms with Crippen molar-refractivity contribution in [2.24, 2.45) is 0 Å². The second-order valence-electron chi connectivity index (χ2n) is 7.05. The van der Waals surface area contributed by atoms with Crippen LogP contribution in [0.1, 0.15) is 25.7 Å². The van der Waals surface area contributed by atoms with Crippen molar-refractivity contribution in [3.05, 3.63) is 24.3 Å². The molecule has 0 radical (unpaired) electrons. The molecule has 24 heavy (non-hydrogen) atoms. The minimum absolute atomic E-state index is 0.0989. The summed E-state index contributed by atoms with van der Waals surface area (Å²) in [6, 6.07) is 8.24. The van der Waals surface area contributed by atoms with Gasteiger partial charge in [0.15, 0.2) is 0 Å². The van der Waals surface area contributed by atoms with Gasteiger partial charge in [-0.2, -0.15) is 0 Å². The van der Waals surface area contributed by atoms with Crippen molar-refractivity contribution in [3.63, 3.8) is 0 Å². The van der Waals surface area contributed by atoms with Crippen LogP contribution < -0.4 is 10.2 Å². The standard InChI is InChI=1S/C19H30N4O/c1-21-12-14-22(15-13-21)16-19(24)20-17-8-4-5-9-18(17)23-10-6-2-3-7-11-23/h4-5,8-9H,2-3,6-7,10-16H2,1H3,(H,20,24). The summed E-state index contributed by atoms with van der Waals surface area (Å²) in [5, 5.41) is 3.15. The number of nitrogens with one attached hydrogen (secondary N) is 1. The number of benzene rings is 1. The first-order chi connectivity index (χ1) is 11.7. The summed E-state index contributed by atoms with van der Waals surface area (Å²) in [7, 11) is 2.13. The molecule has 0 spiro atoms. The summed E-state index contributed by atoms with van der Waals surface area (Å²) in [5.41, 5.74) is 2.13. The van der Waals surface area contributed by atoms with E-state index in [1.54, 1.807) is 0 Å². The van der Waals surface area contributed by atoms with Crippen LogP contribution in [0, 0.1) is 0 Å². The van der Waals surface area contributed by atoms with Gasteiger partial charge in [0.25, 0.3) is 0 Å². The molecule has 5 nitrogen and oxygen atoms in total. The van der Waals surface area contributed by atoms with E-state index in [9.17, 15) is 4.79 Å². The Hall–Kier alpha value is -1.59. The van der Waals surface area contributed by atoms with Gasteiger partial charge in [-0.05, 0) is 32.0 Å². The van der Waals surface area contributed by atoms with Crippen LogP contribution in [0.5, 0.6) is 0 Å². The zero-order valence-electron chi connectivity index (χ0n) is 14.8. The molecule has 1 aromatic carbocycles. The molecule has 2 fully saturated rings. The Morgan fingerprint density at radius 2 is 1.62 bits per heavy atom. The molecule has 3 rings (SSSR count). The molecule has 1 amide bonds. The van der Waals surface area contributed by atoms with Crippen molar-refractivity contribution in [3.8, 4) is 0 Å². The largest absolute Gasteiger partial charge is 0.370 e. The summed E-state index contributed by atoms with van der Waals surface area (Å²) in [5.74, 6) is 0.0989. The van der Waals surface area contributed by atoms with Crippen molar-refractivity contribution in [2.75, 3.05) is 63.1 Å². The van der Waals surface area contributed by atoms with Crippen molar-refractivity contribution >= 4 is 17.3 Å². The van der Waals surface area contributed by atoms with Crippen LogP contribution in [-0.2, 0) is 4.79 Å². The minimum Gasteiger partial charge on any atom is -0.370 e. The maximum Gasteiger partial charge on any atom is 0.238 e. The molecule has 1 aromatic rings. The minimum atomic E-state index is 0.0989. The number of hydrogen-bond donors (Lipinski definition) is 1. The van der Waals surface area contributed by atoms with Gasteiger partial charge in [0.2, 0.25) is 5.91 Å². The van der Waals surface area contributed by atoms with Crippen molar-refractivity contribution in [1.82, 2.24) is 9.80 Å². The van der Waals surface area contributed by atoms with Gasteiger partial charge in [-0.3, -0.25) is 9.69 Å². The smallest absolute Gasteiger partial charge is 0.238 e. The first kappa shape index (κ1) is 17.2. The predicted molar refractivity (Wildman–Crippen MR) is 99.7 cm³/mol. The van der Waals surface area contributed by atoms with Crippen LogP contribution in [0.3, 0.4) is 0 Å². The molecule has 132 valence electrons. The molecular weight excluding hydrogens is 300 g/mol. The maximum absolute atomic E-state index is 12.5. The molecule has 2 aliphatic heterocycles. The van der Waals surface area contributed by atoms with E-state index in [2.05, 4.69) is 39.2 Å². The van der Waals surface area contributed by atoms with Gasteiger partial charge >= 0.3 is 0 Å². The lowest BCUT2D eigenvalue weighted by Crippen LogP contribution is -2.47. The lowest BCUT2D eigenvalue weighted by Gasteiger charge is -2.32. The summed E-state index contributed by atoms with van der Waals surface area (Å²) in [6.45, 7) is 6.68. The van der Waals surface area contributed by atoms with Gasteiger partial charge in [0.05, 0.1) is 17.9 Å². The number of amides is 1. The lowest BCUT2D eigenvalue weighted by molar-refractivity contribution is -0.117. The van der Waals surface area contributed by atoms with E-state index in [0.717, 1.165) is 45.0 Å². The molecule has 2 aliphatic rings. The average molecular weight is 330 g/mol. The number of carbonyl (C=O) groups is 1. The number of nitrogens with zero attached hydrogens (tertiary/aromatic N) is 3. The highest BCUT2D eigenvalue weighted by molar-refractivity contribution is 5.95.